The standard InChI is InChI=1S/C12H8Cl6O.C8H10N6/c13-8-9(14)11(16)5-3-1-2(6-7(3)19-6)4(5)10(8,15)12(11,17)18;9-3-5-6(10)13-8(14-7(5)11)12-4-1-2-4/h2-7H,1H2;4H,1-2H2,(H5,10,11,12,13,14). The first-order valence-corrected chi connectivity index (χ1v) is 12.8. The third-order valence-electron chi connectivity index (χ3n) is 7.91. The molecule has 1 saturated heterocycles. The number of allylic oxidation sites excluding steroid dienone is 2. The van der Waals surface area contributed by atoms with Crippen LogP contribution in [0.15, 0.2) is 10.1 Å². The summed E-state index contributed by atoms with van der Waals surface area (Å²) in [5.41, 5.74) is 11.2. The highest BCUT2D eigenvalue weighted by atomic mass is 35.5. The monoisotopic (exact) mass is 568 g/mol. The summed E-state index contributed by atoms with van der Waals surface area (Å²) in [4.78, 5) is 5.70. The van der Waals surface area contributed by atoms with Gasteiger partial charge in [0.25, 0.3) is 0 Å². The van der Waals surface area contributed by atoms with Crippen LogP contribution in [0.25, 0.3) is 0 Å². The van der Waals surface area contributed by atoms with Crippen LogP contribution in [-0.2, 0) is 4.74 Å². The van der Waals surface area contributed by atoms with Gasteiger partial charge in [-0.3, -0.25) is 0 Å². The summed E-state index contributed by atoms with van der Waals surface area (Å²) in [7, 11) is 0. The quantitative estimate of drug-likeness (QED) is 0.270. The van der Waals surface area contributed by atoms with E-state index < -0.39 is 14.1 Å². The molecule has 5 N–H and O–H groups in total. The molecule has 13 heteroatoms. The number of epoxide rings is 1. The van der Waals surface area contributed by atoms with E-state index in [0.717, 1.165) is 19.3 Å². The molecule has 4 saturated carbocycles. The second kappa shape index (κ2) is 7.00. The number of aromatic nitrogens is 2. The van der Waals surface area contributed by atoms with Crippen LogP contribution in [0.3, 0.4) is 0 Å². The van der Waals surface area contributed by atoms with Crippen molar-refractivity contribution in [2.75, 3.05) is 16.8 Å². The van der Waals surface area contributed by atoms with Gasteiger partial charge in [0.2, 0.25) is 5.95 Å². The Hall–Kier alpha value is -0.590. The molecule has 1 aromatic rings. The summed E-state index contributed by atoms with van der Waals surface area (Å²) in [5.74, 6) is 1.44. The number of fused-ring (bicyclic) bond motifs is 12. The van der Waals surface area contributed by atoms with Crippen molar-refractivity contribution in [2.24, 2.45) is 23.7 Å². The minimum Gasteiger partial charge on any atom is -0.382 e. The van der Waals surface area contributed by atoms with Crippen molar-refractivity contribution in [1.82, 2.24) is 9.97 Å². The number of nitriles is 1. The zero-order chi connectivity index (χ0) is 23.7. The van der Waals surface area contributed by atoms with Gasteiger partial charge in [-0.25, -0.2) is 0 Å². The van der Waals surface area contributed by atoms with Crippen LogP contribution in [0.1, 0.15) is 24.8 Å². The molecular weight excluding hydrogens is 553 g/mol. The SMILES string of the molecule is ClC1=C(Cl)C2(Cl)C3C4CC(C5OC45)C3C1(Cl)C2(Cl)Cl.N#Cc1c(N)nc(NC2CC2)nc1N. The van der Waals surface area contributed by atoms with Crippen molar-refractivity contribution in [2.45, 2.75) is 51.6 Å². The number of hydrogen-bond acceptors (Lipinski definition) is 7. The van der Waals surface area contributed by atoms with Gasteiger partial charge in [0.1, 0.15) is 33.0 Å². The molecule has 7 rings (SSSR count). The number of halogens is 6. The highest BCUT2D eigenvalue weighted by Gasteiger charge is 2.89. The first-order chi connectivity index (χ1) is 15.5. The van der Waals surface area contributed by atoms with Crippen LogP contribution in [0, 0.1) is 35.0 Å². The van der Waals surface area contributed by atoms with Gasteiger partial charge < -0.3 is 21.5 Å². The fraction of sp³-hybridized carbons (Fsp3) is 0.650. The normalized spacial score (nSPS) is 44.6. The number of rotatable bonds is 2. The highest BCUT2D eigenvalue weighted by molar-refractivity contribution is 6.65. The Bertz CT molecular complexity index is 1090. The van der Waals surface area contributed by atoms with Crippen molar-refractivity contribution in [1.29, 1.82) is 5.26 Å². The molecule has 1 aromatic heterocycles. The van der Waals surface area contributed by atoms with Gasteiger partial charge >= 0.3 is 0 Å². The number of anilines is 3. The number of ether oxygens (including phenoxy) is 1. The number of nitrogens with two attached hydrogens (primary N) is 2. The molecule has 4 bridgehead atoms. The van der Waals surface area contributed by atoms with Crippen LogP contribution in [0.5, 0.6) is 0 Å². The van der Waals surface area contributed by atoms with Gasteiger partial charge in [0.15, 0.2) is 4.33 Å². The maximum atomic E-state index is 8.67. The number of nitrogen functional groups attached to an aromatic ring is 2. The van der Waals surface area contributed by atoms with Crippen LogP contribution in [0.4, 0.5) is 17.6 Å². The molecule has 5 aliphatic carbocycles. The summed E-state index contributed by atoms with van der Waals surface area (Å²) in [6.07, 6.45) is 3.86. The van der Waals surface area contributed by atoms with Crippen LogP contribution in [0.2, 0.25) is 0 Å². The third kappa shape index (κ3) is 2.69. The number of nitrogens with one attached hydrogen (secondary N) is 1. The summed E-state index contributed by atoms with van der Waals surface area (Å²) in [6, 6.07) is 2.29. The maximum Gasteiger partial charge on any atom is 0.226 e. The van der Waals surface area contributed by atoms with Crippen molar-refractivity contribution in [3.05, 3.63) is 15.6 Å². The van der Waals surface area contributed by atoms with Crippen LogP contribution >= 0.6 is 69.6 Å². The Morgan fingerprint density at radius 3 is 1.85 bits per heavy atom. The van der Waals surface area contributed by atoms with Gasteiger partial charge in [-0.2, -0.15) is 15.2 Å². The fourth-order valence-electron chi connectivity index (χ4n) is 6.38. The Labute approximate surface area is 220 Å². The predicted molar refractivity (Wildman–Crippen MR) is 130 cm³/mol. The Morgan fingerprint density at radius 2 is 1.42 bits per heavy atom. The highest BCUT2D eigenvalue weighted by Crippen LogP contribution is 2.84. The van der Waals surface area contributed by atoms with E-state index in [-0.39, 0.29) is 41.2 Å². The third-order valence-corrected chi connectivity index (χ3v) is 12.2. The molecule has 0 amide bonds. The van der Waals surface area contributed by atoms with E-state index in [1.165, 1.54) is 0 Å². The van der Waals surface area contributed by atoms with Crippen molar-refractivity contribution < 1.29 is 4.74 Å². The lowest BCUT2D eigenvalue weighted by atomic mass is 9.73. The molecular formula is C20H18Cl6N6O. The molecule has 6 aliphatic rings. The minimum atomic E-state index is -1.37. The van der Waals surface area contributed by atoms with E-state index in [0.29, 0.717) is 33.9 Å². The molecule has 8 atom stereocenters. The lowest BCUT2D eigenvalue weighted by molar-refractivity contribution is 0.237. The number of nitrogens with zero attached hydrogens (tertiary/aromatic N) is 3. The maximum absolute atomic E-state index is 8.67. The van der Waals surface area contributed by atoms with Crippen LogP contribution < -0.4 is 16.8 Å². The zero-order valence-electron chi connectivity index (χ0n) is 16.8. The molecule has 0 spiro atoms. The average molecular weight is 571 g/mol. The minimum absolute atomic E-state index is 0.0467. The molecule has 8 unspecified atom stereocenters. The lowest BCUT2D eigenvalue weighted by Gasteiger charge is -2.38. The molecule has 5 fully saturated rings. The molecule has 1 aliphatic heterocycles. The molecule has 2 heterocycles. The summed E-state index contributed by atoms with van der Waals surface area (Å²) in [5, 5.41) is 12.4. The van der Waals surface area contributed by atoms with E-state index in [4.69, 9.17) is 91.1 Å². The fourth-order valence-corrected chi connectivity index (χ4v) is 9.52. The molecule has 0 radical (unpaired) electrons. The van der Waals surface area contributed by atoms with E-state index >= 15 is 0 Å². The van der Waals surface area contributed by atoms with Gasteiger partial charge in [-0.1, -0.05) is 46.4 Å². The summed E-state index contributed by atoms with van der Waals surface area (Å²) >= 11 is 39.5. The van der Waals surface area contributed by atoms with E-state index in [1.807, 2.05) is 6.07 Å². The Kier molecular flexibility index (Phi) is 4.85. The Balaban J connectivity index is 0.000000132. The van der Waals surface area contributed by atoms with Crippen molar-refractivity contribution in [3.8, 4) is 6.07 Å². The zero-order valence-corrected chi connectivity index (χ0v) is 21.4. The predicted octanol–water partition coefficient (Wildman–Crippen LogP) is 4.57. The molecule has 33 heavy (non-hydrogen) atoms. The molecule has 7 nitrogen and oxygen atoms in total. The molecule has 0 aromatic carbocycles. The topological polar surface area (TPSA) is 126 Å². The summed E-state index contributed by atoms with van der Waals surface area (Å²) in [6.45, 7) is 0. The van der Waals surface area contributed by atoms with Gasteiger partial charge in [0.05, 0.1) is 22.3 Å². The van der Waals surface area contributed by atoms with Gasteiger partial charge in [-0.05, 0) is 42.9 Å². The number of alkyl halides is 4. The summed E-state index contributed by atoms with van der Waals surface area (Å²) < 4.78 is 4.35. The second-order valence-electron chi connectivity index (χ2n) is 9.53. The van der Waals surface area contributed by atoms with E-state index in [9.17, 15) is 0 Å². The van der Waals surface area contributed by atoms with Crippen LogP contribution in [-0.4, -0.2) is 42.3 Å². The average Bonchev–Trinajstić information content (AvgIpc) is 3.66. The number of hydrogen-bond donors (Lipinski definition) is 3. The lowest BCUT2D eigenvalue weighted by Crippen LogP contribution is -2.46. The van der Waals surface area contributed by atoms with Crippen molar-refractivity contribution >= 4 is 87.2 Å². The first kappa shape index (κ1) is 22.8. The van der Waals surface area contributed by atoms with E-state index in [1.54, 1.807) is 0 Å². The smallest absolute Gasteiger partial charge is 0.226 e. The van der Waals surface area contributed by atoms with E-state index in [2.05, 4.69) is 15.3 Å². The first-order valence-electron chi connectivity index (χ1n) is 10.5. The second-order valence-corrected chi connectivity index (χ2v) is 12.8. The van der Waals surface area contributed by atoms with Crippen molar-refractivity contribution in [3.63, 3.8) is 0 Å². The van der Waals surface area contributed by atoms with Gasteiger partial charge in [-0.15, -0.1) is 23.2 Å². The van der Waals surface area contributed by atoms with Gasteiger partial charge in [0, 0.05) is 6.04 Å². The largest absolute Gasteiger partial charge is 0.382 e. The Morgan fingerprint density at radius 1 is 0.939 bits per heavy atom. The molecule has 176 valence electrons.